The first-order valence-corrected chi connectivity index (χ1v) is 13.6. The van der Waals surface area contributed by atoms with Crippen molar-refractivity contribution in [2.75, 3.05) is 25.2 Å². The van der Waals surface area contributed by atoms with Crippen molar-refractivity contribution in [1.29, 1.82) is 0 Å². The zero-order valence-electron chi connectivity index (χ0n) is 20.7. The van der Waals surface area contributed by atoms with Gasteiger partial charge in [-0.05, 0) is 42.0 Å². The summed E-state index contributed by atoms with van der Waals surface area (Å²) in [6.07, 6.45) is -1.64. The van der Waals surface area contributed by atoms with Crippen LogP contribution in [0.5, 0.6) is 5.75 Å². The first-order valence-electron chi connectivity index (χ1n) is 11.8. The molecular formula is C26H38N2O6S. The molecule has 2 aromatic carbocycles. The number of carbonyl (C=O) groups excluding carboxylic acids is 1. The maximum Gasteiger partial charge on any atom is 0.336 e. The van der Waals surface area contributed by atoms with Crippen molar-refractivity contribution in [3.63, 3.8) is 0 Å². The summed E-state index contributed by atoms with van der Waals surface area (Å²) < 4.78 is 35.3. The summed E-state index contributed by atoms with van der Waals surface area (Å²) >= 11 is 0. The van der Waals surface area contributed by atoms with Gasteiger partial charge in [0.05, 0.1) is 18.6 Å². The first kappa shape index (κ1) is 28.8. The molecule has 0 aliphatic rings. The minimum Gasteiger partial charge on any atom is -0.497 e. The van der Waals surface area contributed by atoms with Crippen LogP contribution in [-0.4, -0.2) is 62.9 Å². The average Bonchev–Trinajstić information content (AvgIpc) is 2.82. The van der Waals surface area contributed by atoms with E-state index in [4.69, 9.17) is 15.2 Å². The van der Waals surface area contributed by atoms with E-state index in [0.29, 0.717) is 19.4 Å². The van der Waals surface area contributed by atoms with Crippen molar-refractivity contribution in [1.82, 2.24) is 5.32 Å². The van der Waals surface area contributed by atoms with Gasteiger partial charge in [0.2, 0.25) is 0 Å². The Labute approximate surface area is 208 Å². The number of nitrogens with two attached hydrogens (primary N) is 1. The Bertz CT molecular complexity index is 1010. The van der Waals surface area contributed by atoms with Gasteiger partial charge in [0, 0.05) is 19.1 Å². The number of methoxy groups -OCH3 is 1. The molecule has 0 aromatic heterocycles. The quantitative estimate of drug-likeness (QED) is 0.313. The van der Waals surface area contributed by atoms with Gasteiger partial charge in [-0.15, -0.1) is 0 Å². The van der Waals surface area contributed by atoms with E-state index in [-0.39, 0.29) is 18.2 Å². The fourth-order valence-electron chi connectivity index (χ4n) is 3.47. The third-order valence-corrected chi connectivity index (χ3v) is 7.24. The molecule has 3 atom stereocenters. The molecule has 0 saturated carbocycles. The molecule has 2 rings (SSSR count). The van der Waals surface area contributed by atoms with Crippen molar-refractivity contribution in [3.8, 4) is 5.75 Å². The van der Waals surface area contributed by atoms with Crippen molar-refractivity contribution >= 4 is 15.8 Å². The monoisotopic (exact) mass is 506 g/mol. The second-order valence-corrected chi connectivity index (χ2v) is 11.4. The van der Waals surface area contributed by atoms with Crippen LogP contribution >= 0.6 is 0 Å². The normalized spacial score (nSPS) is 14.3. The summed E-state index contributed by atoms with van der Waals surface area (Å²) in [5, 5.41) is 13.5. The molecule has 0 aliphatic carbocycles. The summed E-state index contributed by atoms with van der Waals surface area (Å²) in [5.41, 5.74) is 8.35. The number of sulfone groups is 1. The van der Waals surface area contributed by atoms with Gasteiger partial charge in [0.15, 0.2) is 15.9 Å². The van der Waals surface area contributed by atoms with Crippen LogP contribution in [-0.2, 0) is 32.3 Å². The smallest absolute Gasteiger partial charge is 0.336 e. The standard InChI is InChI=1S/C26H38N2O6S/c1-19(2)12-13-35(31,32)18-24(29)26(30)34-25(23(27)15-20-8-5-4-6-9-20)17-28-16-21-10-7-11-22(14-21)33-3/h4-11,14,19,23-25,28-29H,12-13,15-18,27H2,1-3H3/t23-,24?,25+/m0/s1. The molecule has 0 aliphatic heterocycles. The van der Waals surface area contributed by atoms with Crippen LogP contribution in [0.15, 0.2) is 54.6 Å². The summed E-state index contributed by atoms with van der Waals surface area (Å²) in [6, 6.07) is 16.5. The van der Waals surface area contributed by atoms with Crippen molar-refractivity contribution < 1.29 is 27.8 Å². The molecule has 0 amide bonds. The molecule has 4 N–H and O–H groups in total. The topological polar surface area (TPSA) is 128 Å². The van der Waals surface area contributed by atoms with E-state index in [1.165, 1.54) is 0 Å². The van der Waals surface area contributed by atoms with Crippen LogP contribution in [0.4, 0.5) is 0 Å². The van der Waals surface area contributed by atoms with Gasteiger partial charge in [-0.1, -0.05) is 56.3 Å². The minimum atomic E-state index is -3.59. The predicted molar refractivity (Wildman–Crippen MR) is 137 cm³/mol. The molecule has 0 bridgehead atoms. The Hall–Kier alpha value is -2.46. The lowest BCUT2D eigenvalue weighted by Crippen LogP contribution is -2.47. The van der Waals surface area contributed by atoms with E-state index in [9.17, 15) is 18.3 Å². The number of esters is 1. The Kier molecular flexibility index (Phi) is 11.7. The number of aliphatic hydroxyl groups is 1. The van der Waals surface area contributed by atoms with Gasteiger partial charge in [0.25, 0.3) is 0 Å². The lowest BCUT2D eigenvalue weighted by atomic mass is 10.0. The van der Waals surface area contributed by atoms with Gasteiger partial charge >= 0.3 is 5.97 Å². The molecule has 0 heterocycles. The highest BCUT2D eigenvalue weighted by Gasteiger charge is 2.29. The van der Waals surface area contributed by atoms with E-state index >= 15 is 0 Å². The van der Waals surface area contributed by atoms with Gasteiger partial charge < -0.3 is 25.6 Å². The van der Waals surface area contributed by atoms with Crippen molar-refractivity contribution in [2.45, 2.75) is 51.5 Å². The molecule has 1 unspecified atom stereocenters. The highest BCUT2D eigenvalue weighted by Crippen LogP contribution is 2.13. The molecule has 35 heavy (non-hydrogen) atoms. The van der Waals surface area contributed by atoms with Gasteiger partial charge in [-0.3, -0.25) is 0 Å². The van der Waals surface area contributed by atoms with E-state index in [2.05, 4.69) is 5.32 Å². The van der Waals surface area contributed by atoms with E-state index < -0.39 is 39.8 Å². The fraction of sp³-hybridized carbons (Fsp3) is 0.500. The Balaban J connectivity index is 2.03. The zero-order chi connectivity index (χ0) is 25.8. The summed E-state index contributed by atoms with van der Waals surface area (Å²) in [7, 11) is -2.00. The number of carbonyl (C=O) groups is 1. The van der Waals surface area contributed by atoms with Crippen molar-refractivity contribution in [3.05, 3.63) is 65.7 Å². The van der Waals surface area contributed by atoms with E-state index in [1.807, 2.05) is 68.4 Å². The molecule has 0 radical (unpaired) electrons. The van der Waals surface area contributed by atoms with Crippen LogP contribution < -0.4 is 15.8 Å². The number of ether oxygens (including phenoxy) is 2. The lowest BCUT2D eigenvalue weighted by Gasteiger charge is -2.26. The molecule has 0 spiro atoms. The van der Waals surface area contributed by atoms with E-state index in [1.54, 1.807) is 7.11 Å². The molecule has 194 valence electrons. The van der Waals surface area contributed by atoms with E-state index in [0.717, 1.165) is 16.9 Å². The number of hydrogen-bond donors (Lipinski definition) is 3. The van der Waals surface area contributed by atoms with Crippen LogP contribution in [0, 0.1) is 5.92 Å². The molecule has 8 nitrogen and oxygen atoms in total. The summed E-state index contributed by atoms with van der Waals surface area (Å²) in [4.78, 5) is 12.6. The number of rotatable bonds is 15. The third-order valence-electron chi connectivity index (χ3n) is 5.56. The second kappa shape index (κ2) is 14.2. The third kappa shape index (κ3) is 10.8. The van der Waals surface area contributed by atoms with Crippen molar-refractivity contribution in [2.24, 2.45) is 11.7 Å². The second-order valence-electron chi connectivity index (χ2n) is 9.12. The molecule has 2 aromatic rings. The Morgan fingerprint density at radius 3 is 2.43 bits per heavy atom. The average molecular weight is 507 g/mol. The van der Waals surface area contributed by atoms with Gasteiger partial charge in [-0.2, -0.15) is 0 Å². The molecule has 9 heteroatoms. The zero-order valence-corrected chi connectivity index (χ0v) is 21.5. The van der Waals surface area contributed by atoms with Crippen LogP contribution in [0.3, 0.4) is 0 Å². The molecule has 0 fully saturated rings. The lowest BCUT2D eigenvalue weighted by molar-refractivity contribution is -0.158. The first-order chi connectivity index (χ1) is 16.6. The number of aliphatic hydroxyl groups excluding tert-OH is 1. The maximum absolute atomic E-state index is 12.6. The summed E-state index contributed by atoms with van der Waals surface area (Å²) in [5.74, 6) is -0.820. The molecular weight excluding hydrogens is 468 g/mol. The molecule has 0 saturated heterocycles. The number of nitrogens with one attached hydrogen (secondary N) is 1. The SMILES string of the molecule is COc1cccc(CNC[C@@H](OC(=O)C(O)CS(=O)(=O)CCC(C)C)[C@@H](N)Cc2ccccc2)c1. The summed E-state index contributed by atoms with van der Waals surface area (Å²) in [6.45, 7) is 4.54. The highest BCUT2D eigenvalue weighted by molar-refractivity contribution is 7.91. The Morgan fingerprint density at radius 2 is 1.77 bits per heavy atom. The fourth-order valence-corrected chi connectivity index (χ4v) is 5.09. The largest absolute Gasteiger partial charge is 0.497 e. The van der Waals surface area contributed by atoms with Gasteiger partial charge in [0.1, 0.15) is 11.9 Å². The van der Waals surface area contributed by atoms with Crippen LogP contribution in [0.25, 0.3) is 0 Å². The van der Waals surface area contributed by atoms with Crippen LogP contribution in [0.1, 0.15) is 31.4 Å². The Morgan fingerprint density at radius 1 is 1.09 bits per heavy atom. The minimum absolute atomic E-state index is 0.0892. The number of hydrogen-bond acceptors (Lipinski definition) is 8. The maximum atomic E-state index is 12.6. The predicted octanol–water partition coefficient (Wildman–Crippen LogP) is 2.09. The van der Waals surface area contributed by atoms with Crippen LogP contribution in [0.2, 0.25) is 0 Å². The number of benzene rings is 2. The van der Waals surface area contributed by atoms with Gasteiger partial charge in [-0.25, -0.2) is 13.2 Å². The highest BCUT2D eigenvalue weighted by atomic mass is 32.2.